The maximum absolute atomic E-state index is 9.45. The van der Waals surface area contributed by atoms with Gasteiger partial charge in [-0.05, 0) is 26.3 Å². The Hall–Kier alpha value is -0.960. The Morgan fingerprint density at radius 2 is 1.73 bits per heavy atom. The number of aliphatic hydroxyl groups is 1. The first kappa shape index (κ1) is 8.14. The monoisotopic (exact) mass is 152 g/mol. The minimum absolute atomic E-state index is 0.461. The summed E-state index contributed by atoms with van der Waals surface area (Å²) in [5, 5.41) is 9.45. The van der Waals surface area contributed by atoms with Crippen LogP contribution < -0.4 is 0 Å². The molecule has 0 saturated carbocycles. The van der Waals surface area contributed by atoms with Gasteiger partial charge in [0.2, 0.25) is 0 Å². The number of nitrogens with zero attached hydrogens (tertiary/aromatic N) is 2. The average Bonchev–Trinajstić information content (AvgIpc) is 1.86. The van der Waals surface area contributed by atoms with Crippen LogP contribution in [-0.4, -0.2) is 15.1 Å². The lowest BCUT2D eigenvalue weighted by atomic mass is 10.1. The van der Waals surface area contributed by atoms with Crippen LogP contribution >= 0.6 is 0 Å². The molecular weight excluding hydrogens is 140 g/mol. The summed E-state index contributed by atoms with van der Waals surface area (Å²) in [5.41, 5.74) is 0.0613. The van der Waals surface area contributed by atoms with E-state index in [1.165, 1.54) is 0 Å². The van der Waals surface area contributed by atoms with Gasteiger partial charge in [0.1, 0.15) is 5.60 Å². The van der Waals surface area contributed by atoms with Crippen LogP contribution in [0.15, 0.2) is 12.4 Å². The highest BCUT2D eigenvalue weighted by Gasteiger charge is 2.18. The van der Waals surface area contributed by atoms with Crippen LogP contribution in [-0.2, 0) is 5.60 Å². The molecule has 0 aliphatic heterocycles. The molecule has 60 valence electrons. The summed E-state index contributed by atoms with van der Waals surface area (Å²) in [6.07, 6.45) is 3.39. The van der Waals surface area contributed by atoms with Gasteiger partial charge in [0.05, 0.1) is 0 Å². The van der Waals surface area contributed by atoms with Gasteiger partial charge < -0.3 is 5.11 Å². The molecule has 1 aromatic rings. The van der Waals surface area contributed by atoms with Crippen molar-refractivity contribution >= 4 is 0 Å². The van der Waals surface area contributed by atoms with Crippen molar-refractivity contribution in [3.05, 3.63) is 23.8 Å². The van der Waals surface area contributed by atoms with Gasteiger partial charge in [-0.25, -0.2) is 9.97 Å². The van der Waals surface area contributed by atoms with Crippen molar-refractivity contribution in [2.45, 2.75) is 26.4 Å². The van der Waals surface area contributed by atoms with Gasteiger partial charge in [-0.1, -0.05) is 0 Å². The second-order valence-corrected chi connectivity index (χ2v) is 3.14. The van der Waals surface area contributed by atoms with E-state index in [4.69, 9.17) is 0 Å². The van der Waals surface area contributed by atoms with Crippen molar-refractivity contribution in [2.75, 3.05) is 0 Å². The van der Waals surface area contributed by atoms with Gasteiger partial charge in [-0.15, -0.1) is 0 Å². The lowest BCUT2D eigenvalue weighted by Gasteiger charge is -2.14. The second-order valence-electron chi connectivity index (χ2n) is 3.14. The molecule has 1 rings (SSSR count). The summed E-state index contributed by atoms with van der Waals surface area (Å²) >= 11 is 0. The van der Waals surface area contributed by atoms with Crippen LogP contribution in [0.3, 0.4) is 0 Å². The molecule has 0 atom stereocenters. The fraction of sp³-hybridized carbons (Fsp3) is 0.500. The lowest BCUT2D eigenvalue weighted by molar-refractivity contribution is 0.0686. The van der Waals surface area contributed by atoms with Crippen LogP contribution in [0.4, 0.5) is 0 Å². The quantitative estimate of drug-likeness (QED) is 0.653. The summed E-state index contributed by atoms with van der Waals surface area (Å²) in [7, 11) is 0. The van der Waals surface area contributed by atoms with Gasteiger partial charge in [-0.2, -0.15) is 0 Å². The predicted molar refractivity (Wildman–Crippen MR) is 42.0 cm³/mol. The van der Waals surface area contributed by atoms with E-state index >= 15 is 0 Å². The van der Waals surface area contributed by atoms with E-state index in [0.717, 1.165) is 5.56 Å². The normalized spacial score (nSPS) is 11.6. The van der Waals surface area contributed by atoms with Crippen molar-refractivity contribution in [2.24, 2.45) is 0 Å². The smallest absolute Gasteiger partial charge is 0.159 e. The van der Waals surface area contributed by atoms with Crippen LogP contribution in [0, 0.1) is 6.92 Å². The van der Waals surface area contributed by atoms with Gasteiger partial charge in [0, 0.05) is 12.4 Å². The van der Waals surface area contributed by atoms with Crippen molar-refractivity contribution in [1.82, 2.24) is 9.97 Å². The Labute approximate surface area is 66.1 Å². The molecule has 0 radical (unpaired) electrons. The van der Waals surface area contributed by atoms with E-state index in [-0.39, 0.29) is 0 Å². The molecule has 3 nitrogen and oxygen atoms in total. The number of aromatic nitrogens is 2. The molecule has 0 aliphatic carbocycles. The van der Waals surface area contributed by atoms with E-state index in [2.05, 4.69) is 9.97 Å². The molecule has 0 fully saturated rings. The van der Waals surface area contributed by atoms with E-state index < -0.39 is 5.60 Å². The molecule has 3 heteroatoms. The maximum atomic E-state index is 9.45. The Balaban J connectivity index is 2.99. The van der Waals surface area contributed by atoms with Crippen molar-refractivity contribution in [1.29, 1.82) is 0 Å². The highest BCUT2D eigenvalue weighted by Crippen LogP contribution is 2.13. The number of rotatable bonds is 1. The number of aryl methyl sites for hydroxylation is 1. The minimum atomic E-state index is -0.937. The maximum Gasteiger partial charge on any atom is 0.159 e. The summed E-state index contributed by atoms with van der Waals surface area (Å²) in [6.45, 7) is 5.24. The topological polar surface area (TPSA) is 46.0 Å². The average molecular weight is 152 g/mol. The summed E-state index contributed by atoms with van der Waals surface area (Å²) in [6, 6.07) is 0. The Kier molecular flexibility index (Phi) is 1.91. The van der Waals surface area contributed by atoms with Crippen LogP contribution in [0.25, 0.3) is 0 Å². The number of hydrogen-bond donors (Lipinski definition) is 1. The van der Waals surface area contributed by atoms with Crippen molar-refractivity contribution in [3.63, 3.8) is 0 Å². The highest BCUT2D eigenvalue weighted by molar-refractivity contribution is 5.05. The molecule has 0 aliphatic rings. The fourth-order valence-electron chi connectivity index (χ4n) is 0.709. The molecule has 0 amide bonds. The predicted octanol–water partition coefficient (Wildman–Crippen LogP) is 1.01. The SMILES string of the molecule is Cc1cnc(C(C)(C)O)nc1. The molecule has 0 saturated heterocycles. The molecular formula is C8H12N2O. The molecule has 0 bridgehead atoms. The molecule has 1 aromatic heterocycles. The van der Waals surface area contributed by atoms with Crippen LogP contribution in [0.1, 0.15) is 25.2 Å². The van der Waals surface area contributed by atoms with E-state index in [9.17, 15) is 5.11 Å². The van der Waals surface area contributed by atoms with Gasteiger partial charge in [-0.3, -0.25) is 0 Å². The third-order valence-electron chi connectivity index (χ3n) is 1.33. The molecule has 11 heavy (non-hydrogen) atoms. The zero-order valence-corrected chi connectivity index (χ0v) is 7.00. The first-order valence-corrected chi connectivity index (χ1v) is 3.51. The Bertz CT molecular complexity index is 235. The molecule has 1 N–H and O–H groups in total. The van der Waals surface area contributed by atoms with Crippen LogP contribution in [0.2, 0.25) is 0 Å². The summed E-state index contributed by atoms with van der Waals surface area (Å²) < 4.78 is 0. The molecule has 0 unspecified atom stereocenters. The number of hydrogen-bond acceptors (Lipinski definition) is 3. The van der Waals surface area contributed by atoms with Crippen molar-refractivity contribution in [3.8, 4) is 0 Å². The molecule has 1 heterocycles. The standard InChI is InChI=1S/C8H12N2O/c1-6-4-9-7(10-5-6)8(2,3)11/h4-5,11H,1-3H3. The molecule has 0 aromatic carbocycles. The second kappa shape index (κ2) is 2.58. The Morgan fingerprint density at radius 3 is 2.09 bits per heavy atom. The Morgan fingerprint density at radius 1 is 1.27 bits per heavy atom. The summed E-state index contributed by atoms with van der Waals surface area (Å²) in [4.78, 5) is 7.98. The first-order valence-electron chi connectivity index (χ1n) is 3.51. The molecule has 0 spiro atoms. The van der Waals surface area contributed by atoms with Gasteiger partial charge in [0.25, 0.3) is 0 Å². The zero-order chi connectivity index (χ0) is 8.48. The minimum Gasteiger partial charge on any atom is -0.382 e. The van der Waals surface area contributed by atoms with E-state index in [1.54, 1.807) is 26.2 Å². The highest BCUT2D eigenvalue weighted by atomic mass is 16.3. The zero-order valence-electron chi connectivity index (χ0n) is 7.00. The van der Waals surface area contributed by atoms with E-state index in [1.807, 2.05) is 6.92 Å². The van der Waals surface area contributed by atoms with Gasteiger partial charge >= 0.3 is 0 Å². The summed E-state index contributed by atoms with van der Waals surface area (Å²) in [5.74, 6) is 0.461. The third kappa shape index (κ3) is 1.98. The van der Waals surface area contributed by atoms with Crippen LogP contribution in [0.5, 0.6) is 0 Å². The third-order valence-corrected chi connectivity index (χ3v) is 1.33. The van der Waals surface area contributed by atoms with Crippen molar-refractivity contribution < 1.29 is 5.11 Å². The largest absolute Gasteiger partial charge is 0.382 e. The first-order chi connectivity index (χ1) is 5.00. The van der Waals surface area contributed by atoms with E-state index in [0.29, 0.717) is 5.82 Å². The van der Waals surface area contributed by atoms with Gasteiger partial charge in [0.15, 0.2) is 5.82 Å². The fourth-order valence-corrected chi connectivity index (χ4v) is 0.709. The lowest BCUT2D eigenvalue weighted by Crippen LogP contribution is -2.19.